The van der Waals surface area contributed by atoms with Crippen molar-refractivity contribution < 1.29 is 5.11 Å². The Balaban J connectivity index is 2.30. The van der Waals surface area contributed by atoms with Gasteiger partial charge in [-0.1, -0.05) is 0 Å². The predicted octanol–water partition coefficient (Wildman–Crippen LogP) is 0.421. The highest BCUT2D eigenvalue weighted by molar-refractivity contribution is 4.71. The van der Waals surface area contributed by atoms with E-state index in [1.165, 1.54) is 12.8 Å². The highest BCUT2D eigenvalue weighted by Crippen LogP contribution is 2.14. The maximum Gasteiger partial charge on any atom is 0.0958 e. The summed E-state index contributed by atoms with van der Waals surface area (Å²) in [5, 5.41) is 8.66. The van der Waals surface area contributed by atoms with Gasteiger partial charge in [-0.05, 0) is 19.8 Å². The molecule has 0 radical (unpaired) electrons. The molecule has 1 fully saturated rings. The van der Waals surface area contributed by atoms with Gasteiger partial charge in [0.15, 0.2) is 0 Å². The van der Waals surface area contributed by atoms with Gasteiger partial charge in [-0.25, -0.2) is 0 Å². The fourth-order valence-corrected chi connectivity index (χ4v) is 1.20. The first-order valence-corrected chi connectivity index (χ1v) is 3.19. The van der Waals surface area contributed by atoms with Gasteiger partial charge in [-0.15, -0.1) is 0 Å². The molecular weight excluding hydrogens is 102 g/mol. The molecule has 0 aromatic carbocycles. The summed E-state index contributed by atoms with van der Waals surface area (Å²) < 4.78 is 0. The number of likely N-dealkylation sites (tertiary alicyclic amines) is 1. The van der Waals surface area contributed by atoms with Crippen LogP contribution in [0.25, 0.3) is 0 Å². The summed E-state index contributed by atoms with van der Waals surface area (Å²) in [6.45, 7) is 3.47. The Morgan fingerprint density at radius 2 is 2.50 bits per heavy atom. The molecule has 0 spiro atoms. The van der Waals surface area contributed by atoms with Crippen LogP contribution in [0.4, 0.5) is 0 Å². The van der Waals surface area contributed by atoms with Crippen LogP contribution in [-0.4, -0.2) is 29.3 Å². The van der Waals surface area contributed by atoms with E-state index in [1.54, 1.807) is 0 Å². The molecular formula is C6H13NO. The van der Waals surface area contributed by atoms with Crippen LogP contribution >= 0.6 is 0 Å². The van der Waals surface area contributed by atoms with E-state index < -0.39 is 0 Å². The van der Waals surface area contributed by atoms with Crippen LogP contribution in [0.3, 0.4) is 0 Å². The maximum atomic E-state index is 8.66. The number of hydrogen-bond donors (Lipinski definition) is 1. The van der Waals surface area contributed by atoms with Crippen LogP contribution in [0.1, 0.15) is 19.8 Å². The van der Waals surface area contributed by atoms with Crippen molar-refractivity contribution in [1.82, 2.24) is 4.90 Å². The second-order valence-corrected chi connectivity index (χ2v) is 2.45. The van der Waals surface area contributed by atoms with E-state index >= 15 is 0 Å². The second kappa shape index (κ2) is 2.46. The number of nitrogens with zero attached hydrogens (tertiary/aromatic N) is 1. The molecule has 0 unspecified atom stereocenters. The lowest BCUT2D eigenvalue weighted by Gasteiger charge is -2.16. The SMILES string of the molecule is C[C@H]1CCCN1CO. The summed E-state index contributed by atoms with van der Waals surface area (Å²) in [4.78, 5) is 2.08. The molecule has 0 aliphatic carbocycles. The van der Waals surface area contributed by atoms with E-state index in [9.17, 15) is 0 Å². The molecule has 1 N–H and O–H groups in total. The Bertz CT molecular complexity index is 74.9. The lowest BCUT2D eigenvalue weighted by atomic mass is 10.2. The molecule has 1 rings (SSSR count). The summed E-state index contributed by atoms with van der Waals surface area (Å²) in [6.07, 6.45) is 2.50. The monoisotopic (exact) mass is 115 g/mol. The van der Waals surface area contributed by atoms with Crippen LogP contribution in [0.5, 0.6) is 0 Å². The number of aliphatic hydroxyl groups is 1. The van der Waals surface area contributed by atoms with Gasteiger partial charge < -0.3 is 5.11 Å². The predicted molar refractivity (Wildman–Crippen MR) is 32.5 cm³/mol. The van der Waals surface area contributed by atoms with Crippen LogP contribution in [-0.2, 0) is 0 Å². The van der Waals surface area contributed by atoms with Crippen molar-refractivity contribution in [2.45, 2.75) is 25.8 Å². The highest BCUT2D eigenvalue weighted by Gasteiger charge is 2.17. The smallest absolute Gasteiger partial charge is 0.0958 e. The molecule has 1 saturated heterocycles. The molecule has 2 nitrogen and oxygen atoms in total. The summed E-state index contributed by atoms with van der Waals surface area (Å²) in [7, 11) is 0. The second-order valence-electron chi connectivity index (χ2n) is 2.45. The van der Waals surface area contributed by atoms with E-state index in [1.807, 2.05) is 0 Å². The zero-order valence-electron chi connectivity index (χ0n) is 5.30. The minimum atomic E-state index is 0.237. The Morgan fingerprint density at radius 3 is 2.75 bits per heavy atom. The summed E-state index contributed by atoms with van der Waals surface area (Å²) >= 11 is 0. The van der Waals surface area contributed by atoms with Gasteiger partial charge in [-0.2, -0.15) is 0 Å². The fraction of sp³-hybridized carbons (Fsp3) is 1.00. The van der Waals surface area contributed by atoms with Crippen molar-refractivity contribution in [2.75, 3.05) is 13.3 Å². The van der Waals surface area contributed by atoms with E-state index in [0.29, 0.717) is 6.04 Å². The third-order valence-electron chi connectivity index (χ3n) is 1.87. The van der Waals surface area contributed by atoms with Gasteiger partial charge in [0.05, 0.1) is 6.73 Å². The first-order valence-electron chi connectivity index (χ1n) is 3.19. The summed E-state index contributed by atoms with van der Waals surface area (Å²) in [5.41, 5.74) is 0. The molecule has 8 heavy (non-hydrogen) atoms. The average Bonchev–Trinajstić information content (AvgIpc) is 2.14. The van der Waals surface area contributed by atoms with Gasteiger partial charge in [0.25, 0.3) is 0 Å². The largest absolute Gasteiger partial charge is 0.381 e. The molecule has 0 saturated carbocycles. The van der Waals surface area contributed by atoms with Crippen molar-refractivity contribution in [3.8, 4) is 0 Å². The van der Waals surface area contributed by atoms with Gasteiger partial charge in [0.2, 0.25) is 0 Å². The average molecular weight is 115 g/mol. The van der Waals surface area contributed by atoms with E-state index in [0.717, 1.165) is 6.54 Å². The molecule has 0 amide bonds. The fourth-order valence-electron chi connectivity index (χ4n) is 1.20. The van der Waals surface area contributed by atoms with E-state index in [4.69, 9.17) is 5.11 Å². The van der Waals surface area contributed by atoms with Crippen LogP contribution in [0, 0.1) is 0 Å². The Morgan fingerprint density at radius 1 is 1.75 bits per heavy atom. The lowest BCUT2D eigenvalue weighted by Crippen LogP contribution is -2.27. The van der Waals surface area contributed by atoms with Gasteiger partial charge in [0.1, 0.15) is 0 Å². The Hall–Kier alpha value is -0.0800. The van der Waals surface area contributed by atoms with Crippen LogP contribution in [0.15, 0.2) is 0 Å². The highest BCUT2D eigenvalue weighted by atomic mass is 16.3. The quantitative estimate of drug-likeness (QED) is 0.535. The normalized spacial score (nSPS) is 31.5. The summed E-state index contributed by atoms with van der Waals surface area (Å²) in [6, 6.07) is 0.611. The molecule has 2 heteroatoms. The standard InChI is InChI=1S/C6H13NO/c1-6-3-2-4-7(6)5-8/h6,8H,2-5H2,1H3/t6-/m0/s1. The number of rotatable bonds is 1. The van der Waals surface area contributed by atoms with Crippen molar-refractivity contribution in [3.05, 3.63) is 0 Å². The Labute approximate surface area is 50.1 Å². The molecule has 0 bridgehead atoms. The zero-order valence-corrected chi connectivity index (χ0v) is 5.30. The van der Waals surface area contributed by atoms with Crippen molar-refractivity contribution in [3.63, 3.8) is 0 Å². The molecule has 48 valence electrons. The van der Waals surface area contributed by atoms with Crippen molar-refractivity contribution >= 4 is 0 Å². The molecule has 1 aliphatic rings. The molecule has 0 aromatic heterocycles. The number of aliphatic hydroxyl groups excluding tert-OH is 1. The first kappa shape index (κ1) is 6.05. The number of hydrogen-bond acceptors (Lipinski definition) is 2. The van der Waals surface area contributed by atoms with Gasteiger partial charge in [0, 0.05) is 12.6 Å². The van der Waals surface area contributed by atoms with Crippen molar-refractivity contribution in [2.24, 2.45) is 0 Å². The third kappa shape index (κ3) is 1.01. The summed E-state index contributed by atoms with van der Waals surface area (Å²) in [5.74, 6) is 0. The lowest BCUT2D eigenvalue weighted by molar-refractivity contribution is 0.103. The molecule has 1 heterocycles. The topological polar surface area (TPSA) is 23.5 Å². The van der Waals surface area contributed by atoms with Gasteiger partial charge >= 0.3 is 0 Å². The van der Waals surface area contributed by atoms with E-state index in [-0.39, 0.29) is 6.73 Å². The van der Waals surface area contributed by atoms with Crippen molar-refractivity contribution in [1.29, 1.82) is 0 Å². The maximum absolute atomic E-state index is 8.66. The first-order chi connectivity index (χ1) is 3.84. The van der Waals surface area contributed by atoms with Crippen LogP contribution in [0.2, 0.25) is 0 Å². The minimum absolute atomic E-state index is 0.237. The van der Waals surface area contributed by atoms with Crippen LogP contribution < -0.4 is 0 Å². The molecule has 0 aromatic rings. The van der Waals surface area contributed by atoms with Gasteiger partial charge in [-0.3, -0.25) is 4.90 Å². The third-order valence-corrected chi connectivity index (χ3v) is 1.87. The Kier molecular flexibility index (Phi) is 1.86. The minimum Gasteiger partial charge on any atom is -0.381 e. The molecule has 1 aliphatic heterocycles. The molecule has 1 atom stereocenters. The van der Waals surface area contributed by atoms with E-state index in [2.05, 4.69) is 11.8 Å². The zero-order chi connectivity index (χ0) is 5.98.